The van der Waals surface area contributed by atoms with Crippen LogP contribution in [0.2, 0.25) is 0 Å². The molecular formula is C44H26N4O. The predicted octanol–water partition coefficient (Wildman–Crippen LogP) is 11.3. The summed E-state index contributed by atoms with van der Waals surface area (Å²) in [7, 11) is 0. The van der Waals surface area contributed by atoms with Gasteiger partial charge in [0, 0.05) is 38.7 Å². The number of furan rings is 1. The van der Waals surface area contributed by atoms with Crippen molar-refractivity contribution in [2.24, 2.45) is 0 Å². The Kier molecular flexibility index (Phi) is 5.73. The molecule has 0 unspecified atom stereocenters. The Morgan fingerprint density at radius 1 is 0.551 bits per heavy atom. The molecule has 10 rings (SSSR count). The zero-order chi connectivity index (χ0) is 32.6. The van der Waals surface area contributed by atoms with Crippen LogP contribution in [-0.4, -0.2) is 15.3 Å². The fraction of sp³-hybridized carbons (Fsp3) is 0. The molecular weight excluding hydrogens is 601 g/mol. The Morgan fingerprint density at radius 3 is 1.94 bits per heavy atom. The minimum atomic E-state index is 0.447. The number of nitriles is 1. The van der Waals surface area contributed by atoms with Crippen LogP contribution < -0.4 is 0 Å². The molecule has 49 heavy (non-hydrogen) atoms. The molecule has 0 atom stereocenters. The number of hydrogen-bond donors (Lipinski definition) is 1. The van der Waals surface area contributed by atoms with E-state index in [4.69, 9.17) is 9.83 Å². The first kappa shape index (κ1) is 27.2. The monoisotopic (exact) mass is 626 g/mol. The molecule has 0 bridgehead atoms. The second kappa shape index (κ2) is 10.3. The molecule has 5 heteroatoms. The van der Waals surface area contributed by atoms with E-state index in [0.717, 1.165) is 88.1 Å². The Hall–Kier alpha value is -6.90. The third-order valence-electron chi connectivity index (χ3n) is 9.88. The molecule has 0 aliphatic rings. The standard InChI is InChI=1S/C44H26N4O/c45-25-29-19-22-40(43(35(29)26-46)48-36-15-7-4-12-30(36)31-13-5-8-16-37(31)48)47-38-21-18-28(27-10-2-1-3-11-27)24-34(38)42-39(47)23-20-33-32-14-6-9-17-41(32)49-44(33)42/h1-24,26,46H. The van der Waals surface area contributed by atoms with Gasteiger partial charge in [-0.2, -0.15) is 5.26 Å². The predicted molar refractivity (Wildman–Crippen MR) is 200 cm³/mol. The minimum Gasteiger partial charge on any atom is -0.455 e. The van der Waals surface area contributed by atoms with Gasteiger partial charge in [0.05, 0.1) is 50.5 Å². The fourth-order valence-corrected chi connectivity index (χ4v) is 7.77. The van der Waals surface area contributed by atoms with Crippen LogP contribution >= 0.6 is 0 Å². The van der Waals surface area contributed by atoms with E-state index in [2.05, 4.69) is 112 Å². The van der Waals surface area contributed by atoms with Gasteiger partial charge in [-0.05, 0) is 65.7 Å². The Morgan fingerprint density at radius 2 is 1.20 bits per heavy atom. The molecule has 0 aliphatic heterocycles. The molecule has 0 radical (unpaired) electrons. The summed E-state index contributed by atoms with van der Waals surface area (Å²) in [5.74, 6) is 0. The minimum absolute atomic E-state index is 0.447. The Labute approximate surface area is 280 Å². The molecule has 228 valence electrons. The topological polar surface area (TPSA) is 70.6 Å². The van der Waals surface area contributed by atoms with E-state index in [1.165, 1.54) is 6.21 Å². The second-order valence-electron chi connectivity index (χ2n) is 12.4. The normalized spacial score (nSPS) is 11.7. The molecule has 0 aliphatic carbocycles. The first-order valence-corrected chi connectivity index (χ1v) is 16.3. The van der Waals surface area contributed by atoms with Gasteiger partial charge in [-0.25, -0.2) is 0 Å². The van der Waals surface area contributed by atoms with Gasteiger partial charge in [0.1, 0.15) is 11.2 Å². The van der Waals surface area contributed by atoms with Crippen molar-refractivity contribution in [1.82, 2.24) is 9.13 Å². The maximum atomic E-state index is 10.3. The van der Waals surface area contributed by atoms with Crippen molar-refractivity contribution < 1.29 is 4.42 Å². The van der Waals surface area contributed by atoms with Gasteiger partial charge in [-0.3, -0.25) is 0 Å². The lowest BCUT2D eigenvalue weighted by Crippen LogP contribution is -2.08. The molecule has 0 saturated carbocycles. The lowest BCUT2D eigenvalue weighted by Gasteiger charge is -2.20. The van der Waals surface area contributed by atoms with Crippen molar-refractivity contribution in [3.63, 3.8) is 0 Å². The van der Waals surface area contributed by atoms with E-state index in [0.29, 0.717) is 11.1 Å². The highest BCUT2D eigenvalue weighted by Crippen LogP contribution is 2.44. The van der Waals surface area contributed by atoms with E-state index >= 15 is 0 Å². The summed E-state index contributed by atoms with van der Waals surface area (Å²) in [4.78, 5) is 0. The number of para-hydroxylation sites is 3. The highest BCUT2D eigenvalue weighted by molar-refractivity contribution is 6.24. The Balaban J connectivity index is 1.41. The summed E-state index contributed by atoms with van der Waals surface area (Å²) >= 11 is 0. The van der Waals surface area contributed by atoms with E-state index < -0.39 is 0 Å². The van der Waals surface area contributed by atoms with Gasteiger partial charge in [0.25, 0.3) is 0 Å². The molecule has 7 aromatic carbocycles. The lowest BCUT2D eigenvalue weighted by atomic mass is 10.0. The third-order valence-corrected chi connectivity index (χ3v) is 9.88. The van der Waals surface area contributed by atoms with Crippen molar-refractivity contribution >= 4 is 71.8 Å². The van der Waals surface area contributed by atoms with Crippen LogP contribution in [-0.2, 0) is 0 Å². The number of benzene rings is 7. The van der Waals surface area contributed by atoms with Crippen LogP contribution in [0.25, 0.3) is 88.1 Å². The van der Waals surface area contributed by atoms with Gasteiger partial charge < -0.3 is 19.0 Å². The molecule has 3 heterocycles. The van der Waals surface area contributed by atoms with Gasteiger partial charge in [-0.1, -0.05) is 91.0 Å². The van der Waals surface area contributed by atoms with Crippen LogP contribution in [0.15, 0.2) is 150 Å². The number of hydrogen-bond acceptors (Lipinski definition) is 3. The van der Waals surface area contributed by atoms with Gasteiger partial charge in [0.2, 0.25) is 0 Å². The highest BCUT2D eigenvalue weighted by atomic mass is 16.3. The van der Waals surface area contributed by atoms with Gasteiger partial charge >= 0.3 is 0 Å². The van der Waals surface area contributed by atoms with Crippen LogP contribution in [0.4, 0.5) is 0 Å². The molecule has 0 saturated heterocycles. The van der Waals surface area contributed by atoms with Crippen molar-refractivity contribution in [2.75, 3.05) is 0 Å². The van der Waals surface area contributed by atoms with Crippen LogP contribution in [0, 0.1) is 16.7 Å². The Bertz CT molecular complexity index is 2970. The maximum Gasteiger partial charge on any atom is 0.145 e. The molecule has 0 spiro atoms. The summed E-state index contributed by atoms with van der Waals surface area (Å²) in [6.45, 7) is 0. The fourth-order valence-electron chi connectivity index (χ4n) is 7.77. The number of nitrogens with zero attached hydrogens (tertiary/aromatic N) is 3. The summed E-state index contributed by atoms with van der Waals surface area (Å²) in [6, 6.07) is 52.5. The van der Waals surface area contributed by atoms with Crippen LogP contribution in [0.1, 0.15) is 11.1 Å². The first-order valence-electron chi connectivity index (χ1n) is 16.3. The summed E-state index contributed by atoms with van der Waals surface area (Å²) in [5.41, 5.74) is 10.6. The molecule has 10 aromatic rings. The quantitative estimate of drug-likeness (QED) is 0.197. The second-order valence-corrected chi connectivity index (χ2v) is 12.4. The lowest BCUT2D eigenvalue weighted by molar-refractivity contribution is 0.673. The molecule has 1 N–H and O–H groups in total. The van der Waals surface area contributed by atoms with Crippen LogP contribution in [0.3, 0.4) is 0 Å². The SMILES string of the molecule is N#Cc1ccc(-n2c3ccc(-c4ccccc4)cc3c3c4oc5ccccc5c4ccc32)c(-n2c3ccccc3c3ccccc32)c1C=N. The maximum absolute atomic E-state index is 10.3. The smallest absolute Gasteiger partial charge is 0.145 e. The number of nitrogens with one attached hydrogen (secondary N) is 1. The molecule has 0 amide bonds. The summed E-state index contributed by atoms with van der Waals surface area (Å²) in [6.07, 6.45) is 1.32. The van der Waals surface area contributed by atoms with E-state index in [-0.39, 0.29) is 0 Å². The zero-order valence-electron chi connectivity index (χ0n) is 26.2. The average Bonchev–Trinajstić information content (AvgIpc) is 3.82. The first-order chi connectivity index (χ1) is 24.2. The number of rotatable bonds is 4. The number of aromatic nitrogens is 2. The van der Waals surface area contributed by atoms with Crippen molar-refractivity contribution in [3.05, 3.63) is 157 Å². The highest BCUT2D eigenvalue weighted by Gasteiger charge is 2.25. The van der Waals surface area contributed by atoms with Crippen LogP contribution in [0.5, 0.6) is 0 Å². The molecule has 5 nitrogen and oxygen atoms in total. The van der Waals surface area contributed by atoms with Crippen molar-refractivity contribution in [2.45, 2.75) is 0 Å². The molecule has 0 fully saturated rings. The third kappa shape index (κ3) is 3.77. The largest absolute Gasteiger partial charge is 0.455 e. The van der Waals surface area contributed by atoms with Crippen molar-refractivity contribution in [1.29, 1.82) is 10.7 Å². The summed E-state index contributed by atoms with van der Waals surface area (Å²) in [5, 5.41) is 25.4. The van der Waals surface area contributed by atoms with Gasteiger partial charge in [0.15, 0.2) is 0 Å². The van der Waals surface area contributed by atoms with Crippen molar-refractivity contribution in [3.8, 4) is 28.6 Å². The summed E-state index contributed by atoms with van der Waals surface area (Å²) < 4.78 is 11.2. The molecule has 3 aromatic heterocycles. The van der Waals surface area contributed by atoms with Gasteiger partial charge in [-0.15, -0.1) is 0 Å². The number of fused-ring (bicyclic) bond motifs is 10. The van der Waals surface area contributed by atoms with E-state index in [1.54, 1.807) is 0 Å². The van der Waals surface area contributed by atoms with E-state index in [9.17, 15) is 5.26 Å². The zero-order valence-corrected chi connectivity index (χ0v) is 26.2. The average molecular weight is 627 g/mol. The van der Waals surface area contributed by atoms with E-state index in [1.807, 2.05) is 48.5 Å².